The van der Waals surface area contributed by atoms with Gasteiger partial charge in [0.1, 0.15) is 6.54 Å². The van der Waals surface area contributed by atoms with Crippen molar-refractivity contribution in [2.24, 2.45) is 0 Å². The predicted octanol–water partition coefficient (Wildman–Crippen LogP) is 3.22. The lowest BCUT2D eigenvalue weighted by molar-refractivity contribution is -0.123. The first-order valence-electron chi connectivity index (χ1n) is 8.32. The summed E-state index contributed by atoms with van der Waals surface area (Å²) in [5, 5.41) is 2.98. The number of benzene rings is 2. The van der Waals surface area contributed by atoms with Gasteiger partial charge in [0.15, 0.2) is 0 Å². The molecular formula is C20H22N2O2S. The minimum absolute atomic E-state index is 0.0267. The molecule has 2 amide bonds. The van der Waals surface area contributed by atoms with E-state index in [1.807, 2.05) is 42.5 Å². The molecule has 0 saturated heterocycles. The Hall–Kier alpha value is -2.27. The van der Waals surface area contributed by atoms with E-state index in [-0.39, 0.29) is 23.8 Å². The maximum atomic E-state index is 12.4. The Balaban J connectivity index is 1.64. The van der Waals surface area contributed by atoms with Crippen LogP contribution in [0.5, 0.6) is 0 Å². The fourth-order valence-electron chi connectivity index (χ4n) is 2.84. The topological polar surface area (TPSA) is 49.4 Å². The van der Waals surface area contributed by atoms with Gasteiger partial charge in [0.25, 0.3) is 0 Å². The fraction of sp³-hybridized carbons (Fsp3) is 0.300. The van der Waals surface area contributed by atoms with Crippen LogP contribution in [0.2, 0.25) is 0 Å². The van der Waals surface area contributed by atoms with Crippen molar-refractivity contribution in [1.82, 2.24) is 5.32 Å². The van der Waals surface area contributed by atoms with Crippen LogP contribution in [0, 0.1) is 0 Å². The molecule has 0 aromatic heterocycles. The minimum Gasteiger partial charge on any atom is -0.354 e. The standard InChI is InChI=1S/C20H22N2O2S/c1-20(2,15-8-4-3-5-9-15)14-21-18(23)12-22-16-10-6-7-11-17(16)25-13-19(22)24/h3-11H,12-14H2,1-2H3,(H,21,23). The summed E-state index contributed by atoms with van der Waals surface area (Å²) in [5.41, 5.74) is 1.82. The van der Waals surface area contributed by atoms with Gasteiger partial charge in [-0.05, 0) is 17.7 Å². The lowest BCUT2D eigenvalue weighted by atomic mass is 9.84. The van der Waals surface area contributed by atoms with E-state index in [9.17, 15) is 9.59 Å². The van der Waals surface area contributed by atoms with E-state index in [4.69, 9.17) is 0 Å². The number of carbonyl (C=O) groups excluding carboxylic acids is 2. The second-order valence-electron chi connectivity index (χ2n) is 6.76. The second-order valence-corrected chi connectivity index (χ2v) is 7.78. The van der Waals surface area contributed by atoms with Crippen LogP contribution in [0.25, 0.3) is 0 Å². The molecule has 4 nitrogen and oxygen atoms in total. The summed E-state index contributed by atoms with van der Waals surface area (Å²) in [6.07, 6.45) is 0. The molecule has 0 radical (unpaired) electrons. The van der Waals surface area contributed by atoms with Crippen LogP contribution < -0.4 is 10.2 Å². The van der Waals surface area contributed by atoms with E-state index in [1.165, 1.54) is 17.3 Å². The van der Waals surface area contributed by atoms with E-state index in [1.54, 1.807) is 4.90 Å². The summed E-state index contributed by atoms with van der Waals surface area (Å²) in [6, 6.07) is 17.8. The van der Waals surface area contributed by atoms with Gasteiger partial charge in [0.2, 0.25) is 11.8 Å². The summed E-state index contributed by atoms with van der Waals surface area (Å²) < 4.78 is 0. The molecule has 0 atom stereocenters. The van der Waals surface area contributed by atoms with Gasteiger partial charge in [-0.15, -0.1) is 11.8 Å². The van der Waals surface area contributed by atoms with Crippen LogP contribution >= 0.6 is 11.8 Å². The molecule has 0 fully saturated rings. The number of fused-ring (bicyclic) bond motifs is 1. The Morgan fingerprint density at radius 3 is 2.56 bits per heavy atom. The molecule has 1 aliphatic heterocycles. The van der Waals surface area contributed by atoms with Crippen molar-refractivity contribution in [3.63, 3.8) is 0 Å². The number of nitrogens with zero attached hydrogens (tertiary/aromatic N) is 1. The lowest BCUT2D eigenvalue weighted by Crippen LogP contribution is -2.45. The highest BCUT2D eigenvalue weighted by atomic mass is 32.2. The third-order valence-corrected chi connectivity index (χ3v) is 5.44. The number of thioether (sulfide) groups is 1. The maximum Gasteiger partial charge on any atom is 0.240 e. The Morgan fingerprint density at radius 2 is 1.80 bits per heavy atom. The van der Waals surface area contributed by atoms with E-state index < -0.39 is 0 Å². The Bertz CT molecular complexity index is 774. The van der Waals surface area contributed by atoms with Gasteiger partial charge in [-0.3, -0.25) is 9.59 Å². The number of rotatable bonds is 5. The van der Waals surface area contributed by atoms with E-state index in [0.717, 1.165) is 10.6 Å². The minimum atomic E-state index is -0.170. The average molecular weight is 354 g/mol. The van der Waals surface area contributed by atoms with E-state index in [0.29, 0.717) is 12.3 Å². The van der Waals surface area contributed by atoms with Crippen LogP contribution in [0.15, 0.2) is 59.5 Å². The Morgan fingerprint density at radius 1 is 1.12 bits per heavy atom. The monoisotopic (exact) mass is 354 g/mol. The van der Waals surface area contributed by atoms with Crippen molar-refractivity contribution in [1.29, 1.82) is 0 Å². The maximum absolute atomic E-state index is 12.4. The highest BCUT2D eigenvalue weighted by Crippen LogP contribution is 2.34. The van der Waals surface area contributed by atoms with Crippen molar-refractivity contribution in [3.05, 3.63) is 60.2 Å². The van der Waals surface area contributed by atoms with Crippen molar-refractivity contribution in [2.45, 2.75) is 24.2 Å². The summed E-state index contributed by atoms with van der Waals surface area (Å²) >= 11 is 1.52. The first kappa shape index (κ1) is 17.5. The van der Waals surface area contributed by atoms with Gasteiger partial charge in [-0.1, -0.05) is 56.3 Å². The first-order chi connectivity index (χ1) is 12.0. The molecule has 130 valence electrons. The molecule has 1 aliphatic rings. The van der Waals surface area contributed by atoms with Gasteiger partial charge in [0.05, 0.1) is 11.4 Å². The molecule has 0 saturated carbocycles. The van der Waals surface area contributed by atoms with Gasteiger partial charge in [-0.2, -0.15) is 0 Å². The lowest BCUT2D eigenvalue weighted by Gasteiger charge is -2.29. The van der Waals surface area contributed by atoms with Gasteiger partial charge in [-0.25, -0.2) is 0 Å². The zero-order chi connectivity index (χ0) is 17.9. The van der Waals surface area contributed by atoms with Crippen LogP contribution in [-0.4, -0.2) is 30.7 Å². The quantitative estimate of drug-likeness (QED) is 0.897. The van der Waals surface area contributed by atoms with Crippen LogP contribution in [0.4, 0.5) is 5.69 Å². The number of nitrogens with one attached hydrogen (secondary N) is 1. The molecule has 2 aromatic rings. The Kier molecular flexibility index (Phi) is 5.13. The number of para-hydroxylation sites is 1. The third-order valence-electron chi connectivity index (χ3n) is 4.39. The molecule has 5 heteroatoms. The van der Waals surface area contributed by atoms with Crippen LogP contribution in [0.1, 0.15) is 19.4 Å². The average Bonchev–Trinajstić information content (AvgIpc) is 2.63. The van der Waals surface area contributed by atoms with Crippen LogP contribution in [-0.2, 0) is 15.0 Å². The fourth-order valence-corrected chi connectivity index (χ4v) is 3.77. The highest BCUT2D eigenvalue weighted by molar-refractivity contribution is 8.00. The highest BCUT2D eigenvalue weighted by Gasteiger charge is 2.27. The molecule has 1 heterocycles. The van der Waals surface area contributed by atoms with Crippen molar-refractivity contribution in [3.8, 4) is 0 Å². The molecule has 0 unspecified atom stereocenters. The van der Waals surface area contributed by atoms with Gasteiger partial charge >= 0.3 is 0 Å². The second kappa shape index (κ2) is 7.31. The molecule has 25 heavy (non-hydrogen) atoms. The number of anilines is 1. The van der Waals surface area contributed by atoms with Gasteiger partial charge < -0.3 is 10.2 Å². The van der Waals surface area contributed by atoms with Crippen molar-refractivity contribution in [2.75, 3.05) is 23.7 Å². The normalized spacial score (nSPS) is 14.2. The molecule has 0 spiro atoms. The number of hydrogen-bond donors (Lipinski definition) is 1. The zero-order valence-electron chi connectivity index (χ0n) is 14.5. The van der Waals surface area contributed by atoms with Crippen LogP contribution in [0.3, 0.4) is 0 Å². The van der Waals surface area contributed by atoms with Crippen molar-refractivity contribution < 1.29 is 9.59 Å². The molecule has 1 N–H and O–H groups in total. The van der Waals surface area contributed by atoms with E-state index in [2.05, 4.69) is 31.3 Å². The van der Waals surface area contributed by atoms with Crippen molar-refractivity contribution >= 4 is 29.3 Å². The largest absolute Gasteiger partial charge is 0.354 e. The molecule has 0 bridgehead atoms. The summed E-state index contributed by atoms with van der Waals surface area (Å²) in [6.45, 7) is 4.77. The summed E-state index contributed by atoms with van der Waals surface area (Å²) in [7, 11) is 0. The molecule has 2 aromatic carbocycles. The third kappa shape index (κ3) is 4.04. The number of amides is 2. The SMILES string of the molecule is CC(C)(CNC(=O)CN1C(=O)CSc2ccccc21)c1ccccc1. The van der Waals surface area contributed by atoms with Gasteiger partial charge in [0, 0.05) is 16.9 Å². The first-order valence-corrected chi connectivity index (χ1v) is 9.30. The summed E-state index contributed by atoms with van der Waals surface area (Å²) in [5.74, 6) is 0.208. The smallest absolute Gasteiger partial charge is 0.240 e. The molecular weight excluding hydrogens is 332 g/mol. The predicted molar refractivity (Wildman–Crippen MR) is 102 cm³/mol. The number of carbonyl (C=O) groups is 2. The molecule has 0 aliphatic carbocycles. The molecule has 3 rings (SSSR count). The summed E-state index contributed by atoms with van der Waals surface area (Å²) in [4.78, 5) is 27.3. The Labute approximate surface area is 152 Å². The van der Waals surface area contributed by atoms with E-state index >= 15 is 0 Å². The number of hydrogen-bond acceptors (Lipinski definition) is 3. The zero-order valence-corrected chi connectivity index (χ0v) is 15.3.